The fraction of sp³-hybridized carbons (Fsp3) is 0.143. The Balaban J connectivity index is 2.50. The smallest absolute Gasteiger partial charge is 0.270 e. The Kier molecular flexibility index (Phi) is 4.32. The maximum atomic E-state index is 12.6. The first kappa shape index (κ1) is 15.8. The SMILES string of the molecule is COc1ccccc1N(C)S(=O)(=O)c1cccc([N+](=O)[O-])c1. The third-order valence-corrected chi connectivity index (χ3v) is 4.88. The molecule has 0 aliphatic heterocycles. The van der Waals surface area contributed by atoms with E-state index in [0.29, 0.717) is 11.4 Å². The number of hydrogen-bond donors (Lipinski definition) is 0. The van der Waals surface area contributed by atoms with Crippen molar-refractivity contribution in [3.63, 3.8) is 0 Å². The molecule has 0 bridgehead atoms. The average Bonchev–Trinajstić information content (AvgIpc) is 2.54. The molecule has 22 heavy (non-hydrogen) atoms. The van der Waals surface area contributed by atoms with Gasteiger partial charge in [-0.05, 0) is 18.2 Å². The lowest BCUT2D eigenvalue weighted by molar-refractivity contribution is -0.385. The maximum Gasteiger partial charge on any atom is 0.270 e. The Hall–Kier alpha value is -2.61. The van der Waals surface area contributed by atoms with Gasteiger partial charge in [-0.2, -0.15) is 0 Å². The van der Waals surface area contributed by atoms with Crippen LogP contribution >= 0.6 is 0 Å². The number of non-ortho nitro benzene ring substituents is 1. The lowest BCUT2D eigenvalue weighted by atomic mass is 10.3. The van der Waals surface area contributed by atoms with Crippen LogP contribution in [0, 0.1) is 10.1 Å². The van der Waals surface area contributed by atoms with Crippen LogP contribution in [0.3, 0.4) is 0 Å². The minimum atomic E-state index is -3.93. The minimum Gasteiger partial charge on any atom is -0.495 e. The molecule has 0 spiro atoms. The summed E-state index contributed by atoms with van der Waals surface area (Å²) in [6, 6.07) is 11.5. The topological polar surface area (TPSA) is 89.8 Å². The van der Waals surface area contributed by atoms with E-state index < -0.39 is 14.9 Å². The largest absolute Gasteiger partial charge is 0.495 e. The van der Waals surface area contributed by atoms with Crippen LogP contribution < -0.4 is 9.04 Å². The molecular weight excluding hydrogens is 308 g/mol. The van der Waals surface area contributed by atoms with Crippen LogP contribution in [0.2, 0.25) is 0 Å². The number of para-hydroxylation sites is 2. The molecule has 0 aliphatic carbocycles. The van der Waals surface area contributed by atoms with Crippen molar-refractivity contribution in [3.05, 3.63) is 58.6 Å². The molecule has 0 fully saturated rings. The van der Waals surface area contributed by atoms with Crippen molar-refractivity contribution in [1.82, 2.24) is 0 Å². The number of ether oxygens (including phenoxy) is 1. The van der Waals surface area contributed by atoms with E-state index in [9.17, 15) is 18.5 Å². The van der Waals surface area contributed by atoms with E-state index in [4.69, 9.17) is 4.74 Å². The second-order valence-corrected chi connectivity index (χ2v) is 6.37. The molecule has 0 radical (unpaired) electrons. The molecule has 0 unspecified atom stereocenters. The molecule has 0 atom stereocenters. The number of methoxy groups -OCH3 is 1. The van der Waals surface area contributed by atoms with Crippen LogP contribution in [0.15, 0.2) is 53.4 Å². The van der Waals surface area contributed by atoms with Gasteiger partial charge in [0.1, 0.15) is 5.75 Å². The fourth-order valence-corrected chi connectivity index (χ4v) is 3.18. The van der Waals surface area contributed by atoms with Crippen LogP contribution in [-0.4, -0.2) is 27.5 Å². The van der Waals surface area contributed by atoms with Crippen LogP contribution in [0.1, 0.15) is 0 Å². The zero-order chi connectivity index (χ0) is 16.3. The number of anilines is 1. The molecule has 116 valence electrons. The van der Waals surface area contributed by atoms with E-state index in [2.05, 4.69) is 0 Å². The Morgan fingerprint density at radius 2 is 1.82 bits per heavy atom. The van der Waals surface area contributed by atoms with E-state index in [1.54, 1.807) is 24.3 Å². The summed E-state index contributed by atoms with van der Waals surface area (Å²) in [7, 11) is -1.13. The minimum absolute atomic E-state index is 0.157. The van der Waals surface area contributed by atoms with Crippen LogP contribution in [0.25, 0.3) is 0 Å². The Bertz CT molecular complexity index is 804. The lowest BCUT2D eigenvalue weighted by Gasteiger charge is -2.21. The lowest BCUT2D eigenvalue weighted by Crippen LogP contribution is -2.27. The van der Waals surface area contributed by atoms with E-state index in [1.807, 2.05) is 0 Å². The third kappa shape index (κ3) is 2.86. The van der Waals surface area contributed by atoms with Crippen molar-refractivity contribution < 1.29 is 18.1 Å². The van der Waals surface area contributed by atoms with Crippen LogP contribution in [0.4, 0.5) is 11.4 Å². The van der Waals surface area contributed by atoms with Gasteiger partial charge in [0.05, 0.1) is 22.6 Å². The van der Waals surface area contributed by atoms with Crippen LogP contribution in [-0.2, 0) is 10.0 Å². The molecule has 0 saturated heterocycles. The summed E-state index contributed by atoms with van der Waals surface area (Å²) < 4.78 is 31.4. The quantitative estimate of drug-likeness (QED) is 0.623. The van der Waals surface area contributed by atoms with E-state index >= 15 is 0 Å². The monoisotopic (exact) mass is 322 g/mol. The van der Waals surface area contributed by atoms with E-state index in [-0.39, 0.29) is 10.6 Å². The van der Waals surface area contributed by atoms with Gasteiger partial charge in [0, 0.05) is 19.2 Å². The van der Waals surface area contributed by atoms with Crippen molar-refractivity contribution in [2.24, 2.45) is 0 Å². The summed E-state index contributed by atoms with van der Waals surface area (Å²) in [5.41, 5.74) is 0.0611. The molecule has 2 aromatic rings. The predicted molar refractivity (Wildman–Crippen MR) is 81.7 cm³/mol. The Labute approximate surface area is 128 Å². The van der Waals surface area contributed by atoms with Crippen molar-refractivity contribution in [2.45, 2.75) is 4.90 Å². The van der Waals surface area contributed by atoms with Gasteiger partial charge in [-0.3, -0.25) is 14.4 Å². The first-order valence-electron chi connectivity index (χ1n) is 6.24. The third-order valence-electron chi connectivity index (χ3n) is 3.11. The van der Waals surface area contributed by atoms with Gasteiger partial charge in [0.15, 0.2) is 0 Å². The van der Waals surface area contributed by atoms with Crippen molar-refractivity contribution in [3.8, 4) is 5.75 Å². The molecule has 2 rings (SSSR count). The second-order valence-electron chi connectivity index (χ2n) is 4.40. The highest BCUT2D eigenvalue weighted by Gasteiger charge is 2.25. The summed E-state index contributed by atoms with van der Waals surface area (Å²) in [5.74, 6) is 0.388. The summed E-state index contributed by atoms with van der Waals surface area (Å²) in [6.07, 6.45) is 0. The Morgan fingerprint density at radius 3 is 2.45 bits per heavy atom. The highest BCUT2D eigenvalue weighted by molar-refractivity contribution is 7.92. The zero-order valence-corrected chi connectivity index (χ0v) is 12.8. The molecule has 0 N–H and O–H groups in total. The van der Waals surface area contributed by atoms with Crippen LogP contribution in [0.5, 0.6) is 5.75 Å². The average molecular weight is 322 g/mol. The van der Waals surface area contributed by atoms with E-state index in [0.717, 1.165) is 10.4 Å². The molecule has 2 aromatic carbocycles. The van der Waals surface area contributed by atoms with Gasteiger partial charge in [0.2, 0.25) is 0 Å². The number of nitro benzene ring substituents is 1. The fourth-order valence-electron chi connectivity index (χ4n) is 1.94. The first-order chi connectivity index (χ1) is 10.4. The van der Waals surface area contributed by atoms with Gasteiger partial charge in [-0.15, -0.1) is 0 Å². The van der Waals surface area contributed by atoms with Gasteiger partial charge in [0.25, 0.3) is 15.7 Å². The molecule has 0 saturated carbocycles. The Morgan fingerprint density at radius 1 is 1.14 bits per heavy atom. The number of rotatable bonds is 5. The number of nitro groups is 1. The number of sulfonamides is 1. The van der Waals surface area contributed by atoms with Gasteiger partial charge >= 0.3 is 0 Å². The normalized spacial score (nSPS) is 11.0. The molecular formula is C14H14N2O5S. The highest BCUT2D eigenvalue weighted by atomic mass is 32.2. The molecule has 0 aromatic heterocycles. The molecule has 7 nitrogen and oxygen atoms in total. The van der Waals surface area contributed by atoms with Gasteiger partial charge < -0.3 is 4.74 Å². The maximum absolute atomic E-state index is 12.6. The molecule has 0 aliphatic rings. The summed E-state index contributed by atoms with van der Waals surface area (Å²) in [6.45, 7) is 0. The first-order valence-corrected chi connectivity index (χ1v) is 7.68. The summed E-state index contributed by atoms with van der Waals surface area (Å²) in [4.78, 5) is 10.0. The summed E-state index contributed by atoms with van der Waals surface area (Å²) >= 11 is 0. The van der Waals surface area contributed by atoms with Gasteiger partial charge in [-0.25, -0.2) is 8.42 Å². The number of benzene rings is 2. The molecule has 8 heteroatoms. The number of nitrogens with zero attached hydrogens (tertiary/aromatic N) is 2. The summed E-state index contributed by atoms with van der Waals surface area (Å²) in [5, 5.41) is 10.8. The highest BCUT2D eigenvalue weighted by Crippen LogP contribution is 2.31. The molecule has 0 heterocycles. The van der Waals surface area contributed by atoms with Crippen molar-refractivity contribution >= 4 is 21.4 Å². The van der Waals surface area contributed by atoms with E-state index in [1.165, 1.54) is 32.4 Å². The van der Waals surface area contributed by atoms with Crippen molar-refractivity contribution in [1.29, 1.82) is 0 Å². The predicted octanol–water partition coefficient (Wildman–Crippen LogP) is 2.43. The standard InChI is InChI=1S/C14H14N2O5S/c1-15(13-8-3-4-9-14(13)21-2)22(19,20)12-7-5-6-11(10-12)16(17)18/h3-10H,1-2H3. The van der Waals surface area contributed by atoms with Crippen molar-refractivity contribution in [2.75, 3.05) is 18.5 Å². The second kappa shape index (κ2) is 6.02. The number of hydrogen-bond acceptors (Lipinski definition) is 5. The van der Waals surface area contributed by atoms with Gasteiger partial charge in [-0.1, -0.05) is 18.2 Å². The zero-order valence-electron chi connectivity index (χ0n) is 12.0. The molecule has 0 amide bonds.